The summed E-state index contributed by atoms with van der Waals surface area (Å²) in [4.78, 5) is 13.1. The number of carbonyl (C=O) groups is 1. The third-order valence-corrected chi connectivity index (χ3v) is 5.34. The highest BCUT2D eigenvalue weighted by atomic mass is 35.5. The van der Waals surface area contributed by atoms with Crippen LogP contribution in [0, 0.1) is 0 Å². The number of hydrogen-bond acceptors (Lipinski definition) is 3. The van der Waals surface area contributed by atoms with E-state index in [-0.39, 0.29) is 12.5 Å². The minimum absolute atomic E-state index is 0.0177. The average molecular weight is 464 g/mol. The molecular weight excluding hydrogens is 445 g/mol. The molecule has 0 saturated heterocycles. The molecule has 3 aromatic rings. The number of nitrogens with two attached hydrogens (primary N) is 1. The van der Waals surface area contributed by atoms with Crippen molar-refractivity contribution in [3.8, 4) is 11.5 Å². The van der Waals surface area contributed by atoms with Crippen molar-refractivity contribution in [2.75, 3.05) is 12.1 Å². The summed E-state index contributed by atoms with van der Waals surface area (Å²) in [6.07, 6.45) is -4.62. The lowest BCUT2D eigenvalue weighted by molar-refractivity contribution is -0.697. The molecule has 32 heavy (non-hydrogen) atoms. The third kappa shape index (κ3) is 4.98. The maximum Gasteiger partial charge on any atom is 0.417 e. The van der Waals surface area contributed by atoms with Gasteiger partial charge in [-0.25, -0.2) is 0 Å². The number of halogens is 4. The topological polar surface area (TPSA) is 64.2 Å². The maximum absolute atomic E-state index is 13.2. The lowest BCUT2D eigenvalue weighted by Gasteiger charge is -2.17. The molecule has 1 atom stereocenters. The van der Waals surface area contributed by atoms with Gasteiger partial charge in [-0.1, -0.05) is 41.9 Å². The van der Waals surface area contributed by atoms with Crippen LogP contribution in [0.25, 0.3) is 0 Å². The molecule has 0 saturated carbocycles. The Labute approximate surface area is 187 Å². The molecule has 166 valence electrons. The van der Waals surface area contributed by atoms with E-state index in [1.165, 1.54) is 6.07 Å². The number of anilines is 1. The molecule has 1 aliphatic rings. The van der Waals surface area contributed by atoms with Crippen LogP contribution in [0.2, 0.25) is 5.02 Å². The van der Waals surface area contributed by atoms with Gasteiger partial charge in [0.15, 0.2) is 17.5 Å². The molecule has 0 unspecified atom stereocenters. The van der Waals surface area contributed by atoms with Crippen LogP contribution in [0.1, 0.15) is 22.7 Å². The van der Waals surface area contributed by atoms with Gasteiger partial charge >= 0.3 is 6.18 Å². The summed E-state index contributed by atoms with van der Waals surface area (Å²) in [7, 11) is 0. The Morgan fingerprint density at radius 2 is 1.78 bits per heavy atom. The van der Waals surface area contributed by atoms with Crippen LogP contribution in [0.15, 0.2) is 66.7 Å². The van der Waals surface area contributed by atoms with E-state index in [0.717, 1.165) is 23.3 Å². The van der Waals surface area contributed by atoms with E-state index in [1.54, 1.807) is 30.3 Å². The summed E-state index contributed by atoms with van der Waals surface area (Å²) in [6, 6.07) is 17.1. The SMILES string of the molecule is O=C(Nc1ccc(Cl)c(C(F)(F)F)c1)[C@H]([NH2+]Cc1ccc2c(c1)OCO2)c1ccccc1. The van der Waals surface area contributed by atoms with Gasteiger partial charge in [-0.15, -0.1) is 0 Å². The first-order chi connectivity index (χ1) is 15.3. The van der Waals surface area contributed by atoms with Crippen molar-refractivity contribution < 1.29 is 32.8 Å². The summed E-state index contributed by atoms with van der Waals surface area (Å²) < 4.78 is 50.2. The van der Waals surface area contributed by atoms with Crippen molar-refractivity contribution in [3.05, 3.63) is 88.4 Å². The quantitative estimate of drug-likeness (QED) is 0.564. The van der Waals surface area contributed by atoms with E-state index in [0.29, 0.717) is 18.0 Å². The number of fused-ring (bicyclic) bond motifs is 1. The first kappa shape index (κ1) is 22.0. The van der Waals surface area contributed by atoms with Gasteiger partial charge in [0.25, 0.3) is 5.91 Å². The number of ether oxygens (including phenoxy) is 2. The Morgan fingerprint density at radius 3 is 2.53 bits per heavy atom. The second kappa shape index (κ2) is 9.10. The zero-order valence-corrected chi connectivity index (χ0v) is 17.4. The van der Waals surface area contributed by atoms with Crippen molar-refractivity contribution >= 4 is 23.2 Å². The van der Waals surface area contributed by atoms with Gasteiger partial charge in [0.05, 0.1) is 10.6 Å². The summed E-state index contributed by atoms with van der Waals surface area (Å²) in [5.74, 6) is 0.846. The van der Waals surface area contributed by atoms with E-state index in [9.17, 15) is 18.0 Å². The number of amides is 1. The van der Waals surface area contributed by atoms with E-state index in [4.69, 9.17) is 21.1 Å². The van der Waals surface area contributed by atoms with Crippen molar-refractivity contribution in [1.82, 2.24) is 0 Å². The molecule has 1 amide bonds. The molecule has 0 bridgehead atoms. The highest BCUT2D eigenvalue weighted by molar-refractivity contribution is 6.31. The monoisotopic (exact) mass is 463 g/mol. The fraction of sp³-hybridized carbons (Fsp3) is 0.174. The van der Waals surface area contributed by atoms with E-state index < -0.39 is 28.7 Å². The molecule has 0 spiro atoms. The van der Waals surface area contributed by atoms with Gasteiger partial charge in [-0.3, -0.25) is 4.79 Å². The van der Waals surface area contributed by atoms with E-state index in [2.05, 4.69) is 5.32 Å². The van der Waals surface area contributed by atoms with Crippen LogP contribution in [-0.4, -0.2) is 12.7 Å². The molecule has 5 nitrogen and oxygen atoms in total. The standard InChI is InChI=1S/C23H18ClF3N2O3/c24-18-8-7-16(11-17(18)23(25,26)27)29-22(30)21(15-4-2-1-3-5-15)28-12-14-6-9-19-20(10-14)32-13-31-19/h1-11,21,28H,12-13H2,(H,29,30)/p+1/t21-/m1/s1. The Kier molecular flexibility index (Phi) is 6.25. The Morgan fingerprint density at radius 1 is 1.03 bits per heavy atom. The normalized spacial score (nSPS) is 13.6. The van der Waals surface area contributed by atoms with Gasteiger partial charge in [0.2, 0.25) is 6.79 Å². The fourth-order valence-corrected chi connectivity index (χ4v) is 3.64. The third-order valence-electron chi connectivity index (χ3n) is 5.01. The van der Waals surface area contributed by atoms with Gasteiger partial charge in [0.1, 0.15) is 6.54 Å². The summed E-state index contributed by atoms with van der Waals surface area (Å²) in [5, 5.41) is 3.97. The minimum Gasteiger partial charge on any atom is -0.454 e. The van der Waals surface area contributed by atoms with Crippen LogP contribution in [0.3, 0.4) is 0 Å². The highest BCUT2D eigenvalue weighted by Crippen LogP contribution is 2.36. The zero-order chi connectivity index (χ0) is 22.7. The number of carbonyl (C=O) groups excluding carboxylic acids is 1. The van der Waals surface area contributed by atoms with Gasteiger partial charge in [0, 0.05) is 16.8 Å². The van der Waals surface area contributed by atoms with E-state index >= 15 is 0 Å². The summed E-state index contributed by atoms with van der Waals surface area (Å²) >= 11 is 5.68. The predicted octanol–water partition coefficient (Wildman–Crippen LogP) is 4.53. The summed E-state index contributed by atoms with van der Waals surface area (Å²) in [5.41, 5.74) is 0.645. The Hall–Kier alpha value is -3.23. The Bertz CT molecular complexity index is 1120. The molecule has 1 aliphatic heterocycles. The molecular formula is C23H19ClF3N2O3+. The van der Waals surface area contributed by atoms with Gasteiger partial charge in [-0.2, -0.15) is 13.2 Å². The van der Waals surface area contributed by atoms with Crippen molar-refractivity contribution in [2.24, 2.45) is 0 Å². The van der Waals surface area contributed by atoms with Crippen LogP contribution in [0.5, 0.6) is 11.5 Å². The second-order valence-corrected chi connectivity index (χ2v) is 7.60. The van der Waals surface area contributed by atoms with Crippen molar-refractivity contribution in [2.45, 2.75) is 18.8 Å². The number of nitrogens with one attached hydrogen (secondary N) is 1. The minimum atomic E-state index is -4.62. The van der Waals surface area contributed by atoms with Crippen LogP contribution >= 0.6 is 11.6 Å². The van der Waals surface area contributed by atoms with Crippen LogP contribution in [-0.2, 0) is 17.5 Å². The van der Waals surface area contributed by atoms with Crippen LogP contribution < -0.4 is 20.1 Å². The lowest BCUT2D eigenvalue weighted by Crippen LogP contribution is -2.85. The van der Waals surface area contributed by atoms with Gasteiger partial charge in [-0.05, 0) is 36.4 Å². The first-order valence-electron chi connectivity index (χ1n) is 9.75. The molecule has 4 rings (SSSR count). The van der Waals surface area contributed by atoms with Crippen LogP contribution in [0.4, 0.5) is 18.9 Å². The molecule has 0 aliphatic carbocycles. The summed E-state index contributed by atoms with van der Waals surface area (Å²) in [6.45, 7) is 0.608. The Balaban J connectivity index is 1.54. The zero-order valence-electron chi connectivity index (χ0n) is 16.7. The molecule has 0 fully saturated rings. The second-order valence-electron chi connectivity index (χ2n) is 7.20. The first-order valence-corrected chi connectivity index (χ1v) is 10.1. The van der Waals surface area contributed by atoms with Crippen molar-refractivity contribution in [1.29, 1.82) is 0 Å². The van der Waals surface area contributed by atoms with E-state index in [1.807, 2.05) is 23.5 Å². The molecule has 9 heteroatoms. The lowest BCUT2D eigenvalue weighted by atomic mass is 10.0. The fourth-order valence-electron chi connectivity index (χ4n) is 3.42. The average Bonchev–Trinajstić information content (AvgIpc) is 3.23. The maximum atomic E-state index is 13.2. The predicted molar refractivity (Wildman–Crippen MR) is 112 cm³/mol. The smallest absolute Gasteiger partial charge is 0.417 e. The molecule has 3 aromatic carbocycles. The number of benzene rings is 3. The highest BCUT2D eigenvalue weighted by Gasteiger charge is 2.34. The number of hydrogen-bond donors (Lipinski definition) is 2. The molecule has 0 aromatic heterocycles. The molecule has 1 heterocycles. The van der Waals surface area contributed by atoms with Crippen molar-refractivity contribution in [3.63, 3.8) is 0 Å². The van der Waals surface area contributed by atoms with Gasteiger partial charge < -0.3 is 20.1 Å². The largest absolute Gasteiger partial charge is 0.454 e. The number of quaternary nitrogens is 1. The molecule has 0 radical (unpaired) electrons. The molecule has 3 N–H and O–H groups in total. The number of rotatable bonds is 6. The number of alkyl halides is 3.